The summed E-state index contributed by atoms with van der Waals surface area (Å²) in [5.74, 6) is -0.910. The monoisotopic (exact) mass is 470 g/mol. The van der Waals surface area contributed by atoms with Gasteiger partial charge in [-0.25, -0.2) is 13.2 Å². The molecule has 2 aromatic carbocycles. The van der Waals surface area contributed by atoms with Crippen LogP contribution in [0.15, 0.2) is 53.4 Å². The first-order chi connectivity index (χ1) is 15.9. The van der Waals surface area contributed by atoms with Gasteiger partial charge in [0.1, 0.15) is 0 Å². The Morgan fingerprint density at radius 1 is 0.909 bits per heavy atom. The first kappa shape index (κ1) is 23.4. The van der Waals surface area contributed by atoms with Crippen LogP contribution in [0.3, 0.4) is 0 Å². The first-order valence-corrected chi connectivity index (χ1v) is 13.0. The molecule has 2 heterocycles. The summed E-state index contributed by atoms with van der Waals surface area (Å²) >= 11 is 0. The molecule has 1 atom stereocenters. The number of ether oxygens (including phenoxy) is 1. The Balaban J connectivity index is 1.45. The van der Waals surface area contributed by atoms with Crippen molar-refractivity contribution in [3.63, 3.8) is 0 Å². The van der Waals surface area contributed by atoms with Gasteiger partial charge in [0.25, 0.3) is 5.91 Å². The van der Waals surface area contributed by atoms with E-state index in [1.54, 1.807) is 11.8 Å². The van der Waals surface area contributed by atoms with Crippen LogP contribution in [0.5, 0.6) is 0 Å². The maximum Gasteiger partial charge on any atom is 0.338 e. The molecule has 2 aliphatic heterocycles. The molecule has 8 heteroatoms. The highest BCUT2D eigenvalue weighted by Crippen LogP contribution is 2.25. The summed E-state index contributed by atoms with van der Waals surface area (Å²) in [5.41, 5.74) is 2.26. The lowest BCUT2D eigenvalue weighted by Crippen LogP contribution is -2.40. The van der Waals surface area contributed by atoms with Gasteiger partial charge in [-0.3, -0.25) is 4.79 Å². The number of hydrogen-bond donors (Lipinski definition) is 0. The molecule has 0 aliphatic carbocycles. The average Bonchev–Trinajstić information content (AvgIpc) is 3.13. The topological polar surface area (TPSA) is 84.0 Å². The molecule has 0 spiro atoms. The highest BCUT2D eigenvalue weighted by Gasteiger charge is 2.30. The van der Waals surface area contributed by atoms with E-state index >= 15 is 0 Å². The molecular weight excluding hydrogens is 440 g/mol. The van der Waals surface area contributed by atoms with E-state index in [2.05, 4.69) is 0 Å². The van der Waals surface area contributed by atoms with Gasteiger partial charge < -0.3 is 9.64 Å². The van der Waals surface area contributed by atoms with Crippen molar-refractivity contribution in [3.05, 3.63) is 65.2 Å². The Morgan fingerprint density at radius 2 is 1.61 bits per heavy atom. The number of nitrogens with zero attached hydrogens (tertiary/aromatic N) is 2. The SMILES string of the molecule is CC(OC(=O)c1cccc(S(=O)(=O)N2CCc3ccccc3C2)c1)C(=O)N1CCCCCC1. The highest BCUT2D eigenvalue weighted by molar-refractivity contribution is 7.89. The van der Waals surface area contributed by atoms with Gasteiger partial charge in [-0.05, 0) is 55.5 Å². The van der Waals surface area contributed by atoms with Crippen molar-refractivity contribution in [2.24, 2.45) is 0 Å². The molecule has 0 saturated carbocycles. The summed E-state index contributed by atoms with van der Waals surface area (Å²) in [4.78, 5) is 27.2. The van der Waals surface area contributed by atoms with E-state index in [-0.39, 0.29) is 16.4 Å². The zero-order valence-corrected chi connectivity index (χ0v) is 19.7. The zero-order valence-electron chi connectivity index (χ0n) is 18.9. The molecule has 4 rings (SSSR count). The fraction of sp³-hybridized carbons (Fsp3) is 0.440. The molecule has 176 valence electrons. The van der Waals surface area contributed by atoms with E-state index in [0.29, 0.717) is 32.6 Å². The third-order valence-corrected chi connectivity index (χ3v) is 8.19. The van der Waals surface area contributed by atoms with Crippen molar-refractivity contribution in [1.29, 1.82) is 0 Å². The van der Waals surface area contributed by atoms with Gasteiger partial charge in [0.05, 0.1) is 10.5 Å². The molecule has 0 aromatic heterocycles. The largest absolute Gasteiger partial charge is 0.449 e. The third-order valence-electron chi connectivity index (χ3n) is 6.35. The first-order valence-electron chi connectivity index (χ1n) is 11.5. The third kappa shape index (κ3) is 5.28. The van der Waals surface area contributed by atoms with E-state index in [9.17, 15) is 18.0 Å². The van der Waals surface area contributed by atoms with E-state index in [4.69, 9.17) is 4.74 Å². The summed E-state index contributed by atoms with van der Waals surface area (Å²) in [5, 5.41) is 0. The minimum Gasteiger partial charge on any atom is -0.449 e. The molecule has 0 radical (unpaired) electrons. The number of esters is 1. The number of amides is 1. The van der Waals surface area contributed by atoms with Crippen LogP contribution in [0, 0.1) is 0 Å². The van der Waals surface area contributed by atoms with Crippen molar-refractivity contribution < 1.29 is 22.7 Å². The summed E-state index contributed by atoms with van der Waals surface area (Å²) in [7, 11) is -3.78. The van der Waals surface area contributed by atoms with Gasteiger partial charge in [0.15, 0.2) is 6.10 Å². The Bertz CT molecular complexity index is 1120. The molecule has 0 N–H and O–H groups in total. The Morgan fingerprint density at radius 3 is 2.33 bits per heavy atom. The maximum atomic E-state index is 13.3. The van der Waals surface area contributed by atoms with E-state index in [1.807, 2.05) is 24.3 Å². The van der Waals surface area contributed by atoms with Crippen LogP contribution < -0.4 is 0 Å². The molecule has 2 aliphatic rings. The molecule has 1 saturated heterocycles. The molecular formula is C25H30N2O5S. The lowest BCUT2D eigenvalue weighted by atomic mass is 10.0. The standard InChI is InChI=1S/C25H30N2O5S/c1-19(24(28)26-14-6-2-3-7-15-26)32-25(29)21-11-8-12-23(17-21)33(30,31)27-16-13-20-9-4-5-10-22(20)18-27/h4-5,8-12,17,19H,2-3,6-7,13-16,18H2,1H3. The lowest BCUT2D eigenvalue weighted by Gasteiger charge is -2.28. The van der Waals surface area contributed by atoms with Gasteiger partial charge in [0, 0.05) is 26.2 Å². The van der Waals surface area contributed by atoms with Crippen molar-refractivity contribution in [2.45, 2.75) is 56.6 Å². The van der Waals surface area contributed by atoms with Crippen molar-refractivity contribution in [1.82, 2.24) is 9.21 Å². The molecule has 2 aromatic rings. The summed E-state index contributed by atoms with van der Waals surface area (Å²) in [6, 6.07) is 13.7. The second kappa shape index (κ2) is 10.1. The number of hydrogen-bond acceptors (Lipinski definition) is 5. The summed E-state index contributed by atoms with van der Waals surface area (Å²) in [6.07, 6.45) is 3.83. The molecule has 33 heavy (non-hydrogen) atoms. The van der Waals surface area contributed by atoms with Gasteiger partial charge in [0.2, 0.25) is 10.0 Å². The van der Waals surface area contributed by atoms with Crippen LogP contribution in [0.25, 0.3) is 0 Å². The zero-order chi connectivity index (χ0) is 23.4. The van der Waals surface area contributed by atoms with E-state index in [0.717, 1.165) is 36.8 Å². The van der Waals surface area contributed by atoms with E-state index < -0.39 is 22.1 Å². The van der Waals surface area contributed by atoms with Gasteiger partial charge in [-0.1, -0.05) is 43.2 Å². The summed E-state index contributed by atoms with van der Waals surface area (Å²) < 4.78 is 33.4. The molecule has 1 amide bonds. The Labute approximate surface area is 195 Å². The molecule has 7 nitrogen and oxygen atoms in total. The summed E-state index contributed by atoms with van der Waals surface area (Å²) in [6.45, 7) is 3.60. The predicted molar refractivity (Wildman–Crippen MR) is 124 cm³/mol. The quantitative estimate of drug-likeness (QED) is 0.626. The smallest absolute Gasteiger partial charge is 0.338 e. The highest BCUT2D eigenvalue weighted by atomic mass is 32.2. The van der Waals surface area contributed by atoms with Crippen LogP contribution in [0.1, 0.15) is 54.1 Å². The maximum absolute atomic E-state index is 13.3. The molecule has 1 unspecified atom stereocenters. The Kier molecular flexibility index (Phi) is 7.14. The number of fused-ring (bicyclic) bond motifs is 1. The van der Waals surface area contributed by atoms with Crippen LogP contribution >= 0.6 is 0 Å². The average molecular weight is 471 g/mol. The number of benzene rings is 2. The van der Waals surface area contributed by atoms with Crippen molar-refractivity contribution in [2.75, 3.05) is 19.6 Å². The van der Waals surface area contributed by atoms with Crippen LogP contribution in [0.2, 0.25) is 0 Å². The minimum atomic E-state index is -3.78. The molecule has 1 fully saturated rings. The minimum absolute atomic E-state index is 0.0443. The van der Waals surface area contributed by atoms with Gasteiger partial charge in [-0.2, -0.15) is 4.31 Å². The van der Waals surface area contributed by atoms with Crippen molar-refractivity contribution >= 4 is 21.9 Å². The number of likely N-dealkylation sites (tertiary alicyclic amines) is 1. The van der Waals surface area contributed by atoms with Crippen LogP contribution in [0.4, 0.5) is 0 Å². The number of sulfonamides is 1. The molecule has 0 bridgehead atoms. The second-order valence-electron chi connectivity index (χ2n) is 8.67. The van der Waals surface area contributed by atoms with Crippen molar-refractivity contribution in [3.8, 4) is 0 Å². The number of rotatable bonds is 5. The lowest BCUT2D eigenvalue weighted by molar-refractivity contribution is -0.139. The fourth-order valence-corrected chi connectivity index (χ4v) is 5.90. The second-order valence-corrected chi connectivity index (χ2v) is 10.6. The predicted octanol–water partition coefficient (Wildman–Crippen LogP) is 3.38. The normalized spacial score (nSPS) is 18.2. The van der Waals surface area contributed by atoms with Gasteiger partial charge >= 0.3 is 5.97 Å². The fourth-order valence-electron chi connectivity index (χ4n) is 4.43. The van der Waals surface area contributed by atoms with E-state index in [1.165, 1.54) is 28.6 Å². The number of carbonyl (C=O) groups excluding carboxylic acids is 2. The van der Waals surface area contributed by atoms with Crippen LogP contribution in [-0.4, -0.2) is 55.2 Å². The Hall–Kier alpha value is -2.71. The number of carbonyl (C=O) groups is 2. The van der Waals surface area contributed by atoms with Gasteiger partial charge in [-0.15, -0.1) is 0 Å². The van der Waals surface area contributed by atoms with Crippen LogP contribution in [-0.2, 0) is 32.5 Å².